The summed E-state index contributed by atoms with van der Waals surface area (Å²) in [7, 11) is 0. The molecule has 4 heteroatoms. The summed E-state index contributed by atoms with van der Waals surface area (Å²) in [5, 5.41) is 0. The summed E-state index contributed by atoms with van der Waals surface area (Å²) in [5.74, 6) is 0. The van der Waals surface area contributed by atoms with Crippen LogP contribution < -0.4 is 0 Å². The van der Waals surface area contributed by atoms with Gasteiger partial charge in [0, 0.05) is 74.5 Å². The van der Waals surface area contributed by atoms with Gasteiger partial charge in [-0.15, -0.1) is 0 Å². The minimum Gasteiger partial charge on any atom is -1.00 e. The van der Waals surface area contributed by atoms with E-state index in [2.05, 4.69) is 0 Å². The van der Waals surface area contributed by atoms with Gasteiger partial charge in [0.15, 0.2) is 0 Å². The zero-order valence-electron chi connectivity index (χ0n) is 3.78. The summed E-state index contributed by atoms with van der Waals surface area (Å²) >= 11 is 0. The molecule has 0 rings (SSSR count). The molecular weight excluding hydrogens is 266 g/mol. The molecule has 0 atom stereocenters. The van der Waals surface area contributed by atoms with Crippen LogP contribution in [0.25, 0.3) is 0 Å². The van der Waals surface area contributed by atoms with Crippen molar-refractivity contribution in [2.45, 2.75) is 0 Å². The molecular formula is H6BeCeSiY. The van der Waals surface area contributed by atoms with Crippen molar-refractivity contribution < 1.29 is 77.3 Å². The van der Waals surface area contributed by atoms with Crippen molar-refractivity contribution >= 4 is 21.1 Å². The SMILES string of the molecule is [Be+2].[Ce].[H-].[H-].[SiH4].[Y]. The second-order valence-electron chi connectivity index (χ2n) is 0. The molecule has 0 saturated carbocycles. The van der Waals surface area contributed by atoms with Crippen LogP contribution in [0.2, 0.25) is 0 Å². The predicted molar refractivity (Wildman–Crippen MR) is 19.3 cm³/mol. The van der Waals surface area contributed by atoms with Gasteiger partial charge in [-0.2, -0.15) is 0 Å². The maximum atomic E-state index is 0. The van der Waals surface area contributed by atoms with E-state index in [0.717, 1.165) is 0 Å². The Morgan fingerprint density at radius 3 is 1.25 bits per heavy atom. The van der Waals surface area contributed by atoms with Crippen molar-refractivity contribution in [2.24, 2.45) is 0 Å². The largest absolute Gasteiger partial charge is 2.00 e. The van der Waals surface area contributed by atoms with Gasteiger partial charge in [-0.05, 0) is 11.0 Å². The monoisotopic (exact) mass is 272 g/mol. The third-order valence-electron chi connectivity index (χ3n) is 0. The van der Waals surface area contributed by atoms with Crippen LogP contribution in [0.5, 0.6) is 0 Å². The van der Waals surface area contributed by atoms with E-state index in [1.54, 1.807) is 0 Å². The molecule has 0 aromatic carbocycles. The number of hydrogen-bond donors (Lipinski definition) is 0. The van der Waals surface area contributed by atoms with Gasteiger partial charge in [0.2, 0.25) is 0 Å². The molecule has 0 nitrogen and oxygen atoms in total. The van der Waals surface area contributed by atoms with Gasteiger partial charge in [-0.25, -0.2) is 0 Å². The molecule has 0 heterocycles. The molecule has 0 aromatic rings. The van der Waals surface area contributed by atoms with Gasteiger partial charge in [0.05, 0.1) is 0 Å². The fourth-order valence-electron chi connectivity index (χ4n) is 0. The van der Waals surface area contributed by atoms with Crippen LogP contribution in [0, 0.1) is 41.7 Å². The maximum Gasteiger partial charge on any atom is 2.00 e. The van der Waals surface area contributed by atoms with Gasteiger partial charge in [0.25, 0.3) is 0 Å². The van der Waals surface area contributed by atoms with E-state index in [4.69, 9.17) is 0 Å². The standard InChI is InChI=1S/Be.Ce.H4Si.Y.2H/h;;1H4;;;/q+2;;;;2*-1. The topological polar surface area (TPSA) is 0 Å². The van der Waals surface area contributed by atoms with Crippen LogP contribution in [0.3, 0.4) is 0 Å². The fraction of sp³-hybridized carbons (Fsp3) is 0. The molecule has 0 spiro atoms. The van der Waals surface area contributed by atoms with Crippen molar-refractivity contribution in [1.82, 2.24) is 0 Å². The molecule has 0 fully saturated rings. The Kier molecular flexibility index (Phi) is 122. The van der Waals surface area contributed by atoms with Gasteiger partial charge >= 0.3 is 10.1 Å². The first-order valence-corrected chi connectivity index (χ1v) is 0. The van der Waals surface area contributed by atoms with E-state index in [-0.39, 0.29) is 98.4 Å². The third-order valence-corrected chi connectivity index (χ3v) is 0. The Bertz CT molecular complexity index is 13.5. The zero-order valence-corrected chi connectivity index (χ0v) is 7.76. The van der Waals surface area contributed by atoms with E-state index in [1.165, 1.54) is 0 Å². The molecule has 0 aliphatic heterocycles. The summed E-state index contributed by atoms with van der Waals surface area (Å²) in [6, 6.07) is 0. The average Bonchev–Trinajstić information content (AvgIpc) is 0. The second-order valence-corrected chi connectivity index (χ2v) is 0. The van der Waals surface area contributed by atoms with Crippen molar-refractivity contribution in [2.75, 3.05) is 0 Å². The van der Waals surface area contributed by atoms with E-state index in [1.807, 2.05) is 0 Å². The van der Waals surface area contributed by atoms with E-state index >= 15 is 0 Å². The van der Waals surface area contributed by atoms with Gasteiger partial charge < -0.3 is 2.85 Å². The average molecular weight is 272 g/mol. The molecule has 19 valence electrons. The first-order chi connectivity index (χ1) is 0. The molecule has 1 radical (unpaired) electrons. The van der Waals surface area contributed by atoms with Crippen LogP contribution in [0.15, 0.2) is 0 Å². The van der Waals surface area contributed by atoms with Crippen molar-refractivity contribution in [3.63, 3.8) is 0 Å². The maximum absolute atomic E-state index is 0. The Balaban J connectivity index is 0. The molecule has 0 aromatic heterocycles. The Hall–Kier alpha value is 2.87. The normalized spacial score (nSPS) is 0. The molecule has 0 aliphatic carbocycles. The number of hydrogen-bond acceptors (Lipinski definition) is 0. The molecule has 4 heavy (non-hydrogen) atoms. The molecule has 0 aliphatic rings. The minimum atomic E-state index is 0. The third kappa shape index (κ3) is 8.85. The zero-order chi connectivity index (χ0) is 0. The van der Waals surface area contributed by atoms with Crippen LogP contribution in [-0.4, -0.2) is 21.1 Å². The Labute approximate surface area is 96.3 Å². The molecule has 0 saturated heterocycles. The van der Waals surface area contributed by atoms with Crippen LogP contribution in [-0.2, 0) is 32.7 Å². The number of rotatable bonds is 0. The summed E-state index contributed by atoms with van der Waals surface area (Å²) in [4.78, 5) is 0. The van der Waals surface area contributed by atoms with Crippen molar-refractivity contribution in [3.8, 4) is 0 Å². The van der Waals surface area contributed by atoms with Gasteiger partial charge in [-0.1, -0.05) is 0 Å². The van der Waals surface area contributed by atoms with E-state index < -0.39 is 0 Å². The summed E-state index contributed by atoms with van der Waals surface area (Å²) in [6.45, 7) is 0. The summed E-state index contributed by atoms with van der Waals surface area (Å²) in [5.41, 5.74) is 0. The summed E-state index contributed by atoms with van der Waals surface area (Å²) in [6.07, 6.45) is 0. The molecule has 0 amide bonds. The first-order valence-electron chi connectivity index (χ1n) is 0. The van der Waals surface area contributed by atoms with Crippen molar-refractivity contribution in [3.05, 3.63) is 0 Å². The van der Waals surface area contributed by atoms with E-state index in [0.29, 0.717) is 0 Å². The van der Waals surface area contributed by atoms with Crippen LogP contribution >= 0.6 is 0 Å². The van der Waals surface area contributed by atoms with Gasteiger partial charge in [0.1, 0.15) is 0 Å². The molecule has 0 N–H and O–H groups in total. The molecule has 0 bridgehead atoms. The van der Waals surface area contributed by atoms with Crippen LogP contribution in [0.4, 0.5) is 0 Å². The minimum absolute atomic E-state index is 0. The van der Waals surface area contributed by atoms with E-state index in [9.17, 15) is 0 Å². The molecule has 0 unspecified atom stereocenters. The quantitative estimate of drug-likeness (QED) is 0.466. The smallest absolute Gasteiger partial charge is 1.00 e. The van der Waals surface area contributed by atoms with Crippen molar-refractivity contribution in [1.29, 1.82) is 0 Å². The predicted octanol–water partition coefficient (Wildman–Crippen LogP) is -1.61. The summed E-state index contributed by atoms with van der Waals surface area (Å²) < 4.78 is 0. The Morgan fingerprint density at radius 1 is 1.25 bits per heavy atom. The second kappa shape index (κ2) is 16.9. The Morgan fingerprint density at radius 2 is 1.25 bits per heavy atom. The fourth-order valence-corrected chi connectivity index (χ4v) is 0. The van der Waals surface area contributed by atoms with Gasteiger partial charge in [-0.3, -0.25) is 0 Å². The first kappa shape index (κ1) is 28.8. The van der Waals surface area contributed by atoms with Crippen LogP contribution in [0.1, 0.15) is 2.85 Å².